The summed E-state index contributed by atoms with van der Waals surface area (Å²) in [6.45, 7) is 0.580. The van der Waals surface area contributed by atoms with Crippen LogP contribution in [0.3, 0.4) is 0 Å². The number of aromatic nitrogens is 1. The molecule has 0 N–H and O–H groups in total. The molecule has 2 heterocycles. The van der Waals surface area contributed by atoms with Gasteiger partial charge in [-0.2, -0.15) is 13.2 Å². The number of para-hydroxylation sites is 1. The van der Waals surface area contributed by atoms with Gasteiger partial charge in [-0.1, -0.05) is 35.5 Å². The number of pyridine rings is 1. The number of thioether (sulfide) groups is 1. The fourth-order valence-corrected chi connectivity index (χ4v) is 3.71. The molecular formula is C17H14ClF3N2OS. The van der Waals surface area contributed by atoms with E-state index >= 15 is 0 Å². The van der Waals surface area contributed by atoms with Gasteiger partial charge in [0.1, 0.15) is 0 Å². The zero-order valence-electron chi connectivity index (χ0n) is 13.0. The second-order valence-corrected chi connectivity index (χ2v) is 6.97. The molecule has 1 aliphatic rings. The monoisotopic (exact) mass is 386 g/mol. The van der Waals surface area contributed by atoms with Gasteiger partial charge < -0.3 is 4.90 Å². The van der Waals surface area contributed by atoms with Crippen LogP contribution in [-0.4, -0.2) is 23.2 Å². The third-order valence-corrected chi connectivity index (χ3v) is 5.11. The first-order valence-corrected chi connectivity index (χ1v) is 8.96. The zero-order valence-corrected chi connectivity index (χ0v) is 14.6. The van der Waals surface area contributed by atoms with Gasteiger partial charge in [-0.3, -0.25) is 4.79 Å². The predicted octanol–water partition coefficient (Wildman–Crippen LogP) is 4.83. The summed E-state index contributed by atoms with van der Waals surface area (Å²) in [6, 6.07) is 7.79. The quantitative estimate of drug-likeness (QED) is 0.709. The Balaban J connectivity index is 1.68. The second kappa shape index (κ2) is 7.25. The van der Waals surface area contributed by atoms with E-state index in [2.05, 4.69) is 4.98 Å². The normalized spacial score (nSPS) is 14.3. The van der Waals surface area contributed by atoms with E-state index in [-0.39, 0.29) is 11.7 Å². The number of rotatable bonds is 3. The fraction of sp³-hybridized carbons (Fsp3) is 0.294. The molecule has 0 saturated heterocycles. The number of hydrogen-bond donors (Lipinski definition) is 0. The van der Waals surface area contributed by atoms with E-state index in [1.165, 1.54) is 6.07 Å². The van der Waals surface area contributed by atoms with Gasteiger partial charge in [0.2, 0.25) is 5.91 Å². The number of alkyl halides is 3. The molecule has 3 rings (SSSR count). The highest BCUT2D eigenvalue weighted by Gasteiger charge is 2.30. The molecule has 8 heteroatoms. The van der Waals surface area contributed by atoms with Crippen LogP contribution in [0.5, 0.6) is 0 Å². The summed E-state index contributed by atoms with van der Waals surface area (Å²) >= 11 is 7.35. The minimum Gasteiger partial charge on any atom is -0.310 e. The van der Waals surface area contributed by atoms with Crippen LogP contribution < -0.4 is 4.90 Å². The third kappa shape index (κ3) is 4.10. The molecule has 1 aromatic heterocycles. The Morgan fingerprint density at radius 3 is 2.76 bits per heavy atom. The van der Waals surface area contributed by atoms with E-state index in [1.807, 2.05) is 12.1 Å². The second-order valence-electron chi connectivity index (χ2n) is 5.57. The number of hydrogen-bond acceptors (Lipinski definition) is 3. The lowest BCUT2D eigenvalue weighted by atomic mass is 10.0. The Bertz CT molecular complexity index is 780. The summed E-state index contributed by atoms with van der Waals surface area (Å²) in [6.07, 6.45) is -1.92. The maximum absolute atomic E-state index is 12.6. The third-order valence-electron chi connectivity index (χ3n) is 3.88. The van der Waals surface area contributed by atoms with Crippen LogP contribution in [0.1, 0.15) is 17.5 Å². The lowest BCUT2D eigenvalue weighted by molar-refractivity contribution is -0.137. The number of carbonyl (C=O) groups is 1. The van der Waals surface area contributed by atoms with Crippen LogP contribution in [0.2, 0.25) is 5.02 Å². The minimum absolute atomic E-state index is 0.0863. The number of amides is 1. The van der Waals surface area contributed by atoms with Gasteiger partial charge in [0.05, 0.1) is 27.1 Å². The Labute approximate surface area is 152 Å². The first kappa shape index (κ1) is 18.1. The molecule has 0 aliphatic carbocycles. The maximum atomic E-state index is 12.6. The van der Waals surface area contributed by atoms with Crippen molar-refractivity contribution < 1.29 is 18.0 Å². The molecule has 2 aromatic rings. The minimum atomic E-state index is -4.42. The molecule has 1 aromatic carbocycles. The lowest BCUT2D eigenvalue weighted by Gasteiger charge is -2.30. The number of benzene rings is 1. The predicted molar refractivity (Wildman–Crippen MR) is 92.1 cm³/mol. The van der Waals surface area contributed by atoms with Crippen molar-refractivity contribution >= 4 is 35.0 Å². The number of aryl methyl sites for hydroxylation is 1. The van der Waals surface area contributed by atoms with Crippen LogP contribution in [0.4, 0.5) is 18.9 Å². The van der Waals surface area contributed by atoms with Crippen molar-refractivity contribution in [1.82, 2.24) is 4.98 Å². The molecule has 0 saturated carbocycles. The highest BCUT2D eigenvalue weighted by molar-refractivity contribution is 7.99. The number of nitrogens with zero attached hydrogens (tertiary/aromatic N) is 2. The number of fused-ring (bicyclic) bond motifs is 1. The Morgan fingerprint density at radius 1 is 1.28 bits per heavy atom. The topological polar surface area (TPSA) is 33.2 Å². The molecule has 1 amide bonds. The molecular weight excluding hydrogens is 373 g/mol. The van der Waals surface area contributed by atoms with Crippen molar-refractivity contribution in [2.45, 2.75) is 24.0 Å². The van der Waals surface area contributed by atoms with Crippen molar-refractivity contribution in [3.63, 3.8) is 0 Å². The van der Waals surface area contributed by atoms with Gasteiger partial charge in [0.25, 0.3) is 0 Å². The first-order valence-electron chi connectivity index (χ1n) is 7.60. The summed E-state index contributed by atoms with van der Waals surface area (Å²) in [5.74, 6) is -0.0519. The average Bonchev–Trinajstić information content (AvgIpc) is 2.59. The molecule has 0 bridgehead atoms. The summed E-state index contributed by atoms with van der Waals surface area (Å²) in [5, 5.41) is 0.904. The van der Waals surface area contributed by atoms with Crippen molar-refractivity contribution in [3.8, 4) is 0 Å². The SMILES string of the molecule is O=C(CSc1ccc(C(F)(F)F)cn1)N1CCCc2cccc(Cl)c21. The molecule has 0 atom stereocenters. The highest BCUT2D eigenvalue weighted by atomic mass is 35.5. The van der Waals surface area contributed by atoms with E-state index in [1.54, 1.807) is 11.0 Å². The molecule has 0 fully saturated rings. The van der Waals surface area contributed by atoms with Crippen LogP contribution in [-0.2, 0) is 17.4 Å². The molecule has 0 spiro atoms. The van der Waals surface area contributed by atoms with E-state index in [4.69, 9.17) is 11.6 Å². The number of halogens is 4. The van der Waals surface area contributed by atoms with Crippen molar-refractivity contribution in [2.75, 3.05) is 17.2 Å². The molecule has 25 heavy (non-hydrogen) atoms. The first-order chi connectivity index (χ1) is 11.9. The largest absolute Gasteiger partial charge is 0.417 e. The average molecular weight is 387 g/mol. The van der Waals surface area contributed by atoms with Gasteiger partial charge in [-0.25, -0.2) is 4.98 Å². The Kier molecular flexibility index (Phi) is 5.24. The summed E-state index contributed by atoms with van der Waals surface area (Å²) in [4.78, 5) is 18.0. The van der Waals surface area contributed by atoms with E-state index in [9.17, 15) is 18.0 Å². The van der Waals surface area contributed by atoms with E-state index < -0.39 is 11.7 Å². The van der Waals surface area contributed by atoms with Crippen molar-refractivity contribution in [2.24, 2.45) is 0 Å². The smallest absolute Gasteiger partial charge is 0.310 e. The lowest BCUT2D eigenvalue weighted by Crippen LogP contribution is -2.37. The fourth-order valence-electron chi connectivity index (χ4n) is 2.70. The summed E-state index contributed by atoms with van der Waals surface area (Å²) in [7, 11) is 0. The molecule has 0 unspecified atom stereocenters. The standard InChI is InChI=1S/C17H14ClF3N2OS/c18-13-5-1-3-11-4-2-8-23(16(11)13)15(24)10-25-14-7-6-12(9-22-14)17(19,20)21/h1,3,5-7,9H,2,4,8,10H2. The zero-order chi connectivity index (χ0) is 18.0. The van der Waals surface area contributed by atoms with Crippen molar-refractivity contribution in [3.05, 3.63) is 52.7 Å². The molecule has 132 valence electrons. The summed E-state index contributed by atoms with van der Waals surface area (Å²) in [5.41, 5.74) is 0.964. The van der Waals surface area contributed by atoms with E-state index in [0.717, 1.165) is 48.1 Å². The molecule has 0 radical (unpaired) electrons. The van der Waals surface area contributed by atoms with Crippen LogP contribution in [0, 0.1) is 0 Å². The Morgan fingerprint density at radius 2 is 2.08 bits per heavy atom. The van der Waals surface area contributed by atoms with E-state index in [0.29, 0.717) is 16.6 Å². The van der Waals surface area contributed by atoms with Gasteiger partial charge in [0.15, 0.2) is 0 Å². The van der Waals surface area contributed by atoms with Crippen LogP contribution in [0.15, 0.2) is 41.6 Å². The maximum Gasteiger partial charge on any atom is 0.417 e. The Hall–Kier alpha value is -1.73. The van der Waals surface area contributed by atoms with Gasteiger partial charge in [-0.05, 0) is 36.6 Å². The van der Waals surface area contributed by atoms with Crippen molar-refractivity contribution in [1.29, 1.82) is 0 Å². The van der Waals surface area contributed by atoms with Gasteiger partial charge in [-0.15, -0.1) is 0 Å². The van der Waals surface area contributed by atoms with Crippen LogP contribution >= 0.6 is 23.4 Å². The number of carbonyl (C=O) groups excluding carboxylic acids is 1. The highest BCUT2D eigenvalue weighted by Crippen LogP contribution is 2.35. The molecule has 3 nitrogen and oxygen atoms in total. The van der Waals surface area contributed by atoms with Gasteiger partial charge in [0, 0.05) is 12.7 Å². The van der Waals surface area contributed by atoms with Gasteiger partial charge >= 0.3 is 6.18 Å². The molecule has 1 aliphatic heterocycles. The number of anilines is 1. The summed E-state index contributed by atoms with van der Waals surface area (Å²) < 4.78 is 37.6. The van der Waals surface area contributed by atoms with Crippen LogP contribution in [0.25, 0.3) is 0 Å².